The Labute approximate surface area is 147 Å². The molecule has 2 amide bonds. The van der Waals surface area contributed by atoms with Crippen LogP contribution in [0.3, 0.4) is 0 Å². The number of piperazine rings is 1. The van der Waals surface area contributed by atoms with Gasteiger partial charge in [0.05, 0.1) is 6.54 Å². The third-order valence-electron chi connectivity index (χ3n) is 4.37. The molecule has 1 aromatic heterocycles. The van der Waals surface area contributed by atoms with Gasteiger partial charge < -0.3 is 14.6 Å². The van der Waals surface area contributed by atoms with Gasteiger partial charge in [-0.25, -0.2) is 0 Å². The molecule has 0 spiro atoms. The molecule has 134 valence electrons. The first-order valence-electron chi connectivity index (χ1n) is 8.80. The Balaban J connectivity index is 1.51. The van der Waals surface area contributed by atoms with Gasteiger partial charge in [0.1, 0.15) is 5.58 Å². The number of hydrogen-bond donors (Lipinski definition) is 1. The maximum Gasteiger partial charge on any atom is 0.289 e. The molecular formula is C19H25N3O3. The van der Waals surface area contributed by atoms with Crippen molar-refractivity contribution in [2.45, 2.75) is 13.8 Å². The molecule has 2 aromatic rings. The number of carbonyl (C=O) groups is 2. The zero-order valence-electron chi connectivity index (χ0n) is 14.8. The molecule has 6 heteroatoms. The van der Waals surface area contributed by atoms with Gasteiger partial charge in [-0.1, -0.05) is 32.0 Å². The lowest BCUT2D eigenvalue weighted by Gasteiger charge is -2.33. The van der Waals surface area contributed by atoms with Crippen LogP contribution < -0.4 is 5.32 Å². The highest BCUT2D eigenvalue weighted by Crippen LogP contribution is 2.20. The molecule has 3 rings (SSSR count). The van der Waals surface area contributed by atoms with Crippen LogP contribution in [-0.4, -0.2) is 60.9 Å². The SMILES string of the molecule is CC(C)CNC(=O)CN1CCN(C(=O)c2cc3ccccc3o2)CC1. The van der Waals surface area contributed by atoms with Crippen LogP contribution in [0, 0.1) is 5.92 Å². The summed E-state index contributed by atoms with van der Waals surface area (Å²) in [5, 5.41) is 3.86. The number of hydrogen-bond acceptors (Lipinski definition) is 4. The Morgan fingerprint density at radius 1 is 1.16 bits per heavy atom. The Hall–Kier alpha value is -2.34. The number of carbonyl (C=O) groups excluding carboxylic acids is 2. The molecule has 0 atom stereocenters. The van der Waals surface area contributed by atoms with E-state index < -0.39 is 0 Å². The Bertz CT molecular complexity index is 712. The number of amides is 2. The van der Waals surface area contributed by atoms with E-state index in [1.54, 1.807) is 11.0 Å². The first kappa shape index (κ1) is 17.5. The van der Waals surface area contributed by atoms with E-state index in [1.807, 2.05) is 24.3 Å². The van der Waals surface area contributed by atoms with Gasteiger partial charge in [0, 0.05) is 38.1 Å². The Morgan fingerprint density at radius 3 is 2.56 bits per heavy atom. The maximum absolute atomic E-state index is 12.6. The molecule has 1 saturated heterocycles. The molecule has 1 N–H and O–H groups in total. The zero-order valence-corrected chi connectivity index (χ0v) is 14.8. The largest absolute Gasteiger partial charge is 0.451 e. The van der Waals surface area contributed by atoms with Gasteiger partial charge in [0.2, 0.25) is 5.91 Å². The highest BCUT2D eigenvalue weighted by molar-refractivity contribution is 5.96. The molecule has 0 bridgehead atoms. The van der Waals surface area contributed by atoms with Crippen molar-refractivity contribution in [2.24, 2.45) is 5.92 Å². The second kappa shape index (κ2) is 7.70. The molecule has 1 aliphatic rings. The maximum atomic E-state index is 12.6. The predicted octanol–water partition coefficient (Wildman–Crippen LogP) is 1.96. The van der Waals surface area contributed by atoms with Crippen LogP contribution >= 0.6 is 0 Å². The second-order valence-corrected chi connectivity index (χ2v) is 6.91. The van der Waals surface area contributed by atoms with Crippen LogP contribution in [0.15, 0.2) is 34.7 Å². The molecule has 0 radical (unpaired) electrons. The standard InChI is InChI=1S/C19H25N3O3/c1-14(2)12-20-18(23)13-21-7-9-22(10-8-21)19(24)17-11-15-5-3-4-6-16(15)25-17/h3-6,11,14H,7-10,12-13H2,1-2H3,(H,20,23). The van der Waals surface area contributed by atoms with E-state index in [9.17, 15) is 9.59 Å². The van der Waals surface area contributed by atoms with Crippen LogP contribution in [0.25, 0.3) is 11.0 Å². The lowest BCUT2D eigenvalue weighted by Crippen LogP contribution is -2.51. The summed E-state index contributed by atoms with van der Waals surface area (Å²) >= 11 is 0. The van der Waals surface area contributed by atoms with Crippen LogP contribution in [0.4, 0.5) is 0 Å². The summed E-state index contributed by atoms with van der Waals surface area (Å²) in [5.74, 6) is 0.789. The van der Waals surface area contributed by atoms with Crippen LogP contribution in [-0.2, 0) is 4.79 Å². The fraction of sp³-hybridized carbons (Fsp3) is 0.474. The van der Waals surface area contributed by atoms with Crippen molar-refractivity contribution in [3.05, 3.63) is 36.1 Å². The normalized spacial score (nSPS) is 15.7. The van der Waals surface area contributed by atoms with Crippen molar-refractivity contribution in [3.63, 3.8) is 0 Å². The van der Waals surface area contributed by atoms with Crippen molar-refractivity contribution < 1.29 is 14.0 Å². The number of nitrogens with one attached hydrogen (secondary N) is 1. The molecule has 6 nitrogen and oxygen atoms in total. The van der Waals surface area contributed by atoms with E-state index in [1.165, 1.54) is 0 Å². The molecule has 1 aliphatic heterocycles. The van der Waals surface area contributed by atoms with Crippen molar-refractivity contribution in [1.82, 2.24) is 15.1 Å². The molecule has 0 unspecified atom stereocenters. The average Bonchev–Trinajstić information content (AvgIpc) is 3.04. The van der Waals surface area contributed by atoms with Crippen molar-refractivity contribution in [2.75, 3.05) is 39.3 Å². The molecular weight excluding hydrogens is 318 g/mol. The first-order chi connectivity index (χ1) is 12.0. The van der Waals surface area contributed by atoms with Crippen molar-refractivity contribution >= 4 is 22.8 Å². The fourth-order valence-electron chi connectivity index (χ4n) is 2.93. The minimum atomic E-state index is -0.0832. The van der Waals surface area contributed by atoms with E-state index in [-0.39, 0.29) is 11.8 Å². The highest BCUT2D eigenvalue weighted by Gasteiger charge is 2.25. The van der Waals surface area contributed by atoms with E-state index in [2.05, 4.69) is 24.1 Å². The lowest BCUT2D eigenvalue weighted by molar-refractivity contribution is -0.122. The number of para-hydroxylation sites is 1. The van der Waals surface area contributed by atoms with Gasteiger partial charge >= 0.3 is 0 Å². The number of rotatable bonds is 5. The quantitative estimate of drug-likeness (QED) is 0.901. The third kappa shape index (κ3) is 4.39. The van der Waals surface area contributed by atoms with Crippen LogP contribution in [0.2, 0.25) is 0 Å². The van der Waals surface area contributed by atoms with E-state index in [4.69, 9.17) is 4.42 Å². The van der Waals surface area contributed by atoms with Gasteiger partial charge in [-0.05, 0) is 18.1 Å². The van der Waals surface area contributed by atoms with Gasteiger partial charge in [0.25, 0.3) is 5.91 Å². The summed E-state index contributed by atoms with van der Waals surface area (Å²) in [6, 6.07) is 9.41. The highest BCUT2D eigenvalue weighted by atomic mass is 16.3. The Morgan fingerprint density at radius 2 is 1.88 bits per heavy atom. The third-order valence-corrected chi connectivity index (χ3v) is 4.37. The molecule has 1 aromatic carbocycles. The average molecular weight is 343 g/mol. The van der Waals surface area contributed by atoms with Gasteiger partial charge in [-0.2, -0.15) is 0 Å². The zero-order chi connectivity index (χ0) is 17.8. The summed E-state index contributed by atoms with van der Waals surface area (Å²) in [6.45, 7) is 7.83. The minimum Gasteiger partial charge on any atom is -0.451 e. The number of furan rings is 1. The summed E-state index contributed by atoms with van der Waals surface area (Å²) in [4.78, 5) is 28.4. The van der Waals surface area contributed by atoms with Crippen molar-refractivity contribution in [1.29, 1.82) is 0 Å². The van der Waals surface area contributed by atoms with E-state index in [0.29, 0.717) is 50.9 Å². The van der Waals surface area contributed by atoms with Gasteiger partial charge in [-0.3, -0.25) is 14.5 Å². The summed E-state index contributed by atoms with van der Waals surface area (Å²) in [6.07, 6.45) is 0. The summed E-state index contributed by atoms with van der Waals surface area (Å²) in [7, 11) is 0. The van der Waals surface area contributed by atoms with Gasteiger partial charge in [-0.15, -0.1) is 0 Å². The predicted molar refractivity (Wildman–Crippen MR) is 96.4 cm³/mol. The smallest absolute Gasteiger partial charge is 0.289 e. The number of fused-ring (bicyclic) bond motifs is 1. The van der Waals surface area contributed by atoms with Crippen LogP contribution in [0.1, 0.15) is 24.4 Å². The van der Waals surface area contributed by atoms with Crippen LogP contribution in [0.5, 0.6) is 0 Å². The molecule has 1 fully saturated rings. The number of benzene rings is 1. The van der Waals surface area contributed by atoms with Gasteiger partial charge in [0.15, 0.2) is 5.76 Å². The lowest BCUT2D eigenvalue weighted by atomic mass is 10.2. The fourth-order valence-corrected chi connectivity index (χ4v) is 2.93. The molecule has 25 heavy (non-hydrogen) atoms. The minimum absolute atomic E-state index is 0.0470. The molecule has 2 heterocycles. The topological polar surface area (TPSA) is 65.8 Å². The van der Waals surface area contributed by atoms with Crippen molar-refractivity contribution in [3.8, 4) is 0 Å². The van der Waals surface area contributed by atoms with E-state index in [0.717, 1.165) is 11.0 Å². The second-order valence-electron chi connectivity index (χ2n) is 6.91. The summed E-state index contributed by atoms with van der Waals surface area (Å²) in [5.41, 5.74) is 0.728. The molecule has 0 aliphatic carbocycles. The number of nitrogens with zero attached hydrogens (tertiary/aromatic N) is 2. The Kier molecular flexibility index (Phi) is 5.38. The first-order valence-corrected chi connectivity index (χ1v) is 8.80. The monoisotopic (exact) mass is 343 g/mol. The molecule has 0 saturated carbocycles. The van der Waals surface area contributed by atoms with E-state index >= 15 is 0 Å². The summed E-state index contributed by atoms with van der Waals surface area (Å²) < 4.78 is 5.66.